The van der Waals surface area contributed by atoms with Gasteiger partial charge in [-0.1, -0.05) is 36.5 Å². The van der Waals surface area contributed by atoms with E-state index in [1.165, 1.54) is 11.3 Å². The fourth-order valence-electron chi connectivity index (χ4n) is 3.48. The number of amides is 3. The van der Waals surface area contributed by atoms with Gasteiger partial charge in [-0.3, -0.25) is 19.7 Å². The van der Waals surface area contributed by atoms with E-state index in [4.69, 9.17) is 0 Å². The first-order valence-electron chi connectivity index (χ1n) is 10.4. The Morgan fingerprint density at radius 1 is 1.06 bits per heavy atom. The summed E-state index contributed by atoms with van der Waals surface area (Å²) in [5.74, 6) is -1.00. The topological polar surface area (TPSA) is 104 Å². The van der Waals surface area contributed by atoms with Crippen molar-refractivity contribution in [3.05, 3.63) is 65.2 Å². The molecule has 1 aliphatic heterocycles. The molecular weight excluding hydrogens is 426 g/mol. The Kier molecular flexibility index (Phi) is 6.55. The number of hydrogen-bond donors (Lipinski definition) is 2. The van der Waals surface area contributed by atoms with E-state index < -0.39 is 5.92 Å². The number of rotatable bonds is 7. The summed E-state index contributed by atoms with van der Waals surface area (Å²) in [6, 6.07) is 15.9. The predicted octanol–water partition coefficient (Wildman–Crippen LogP) is 3.73. The molecule has 2 N–H and O–H groups in total. The van der Waals surface area contributed by atoms with Crippen LogP contribution in [0.2, 0.25) is 0 Å². The minimum Gasteiger partial charge on any atom is -0.326 e. The van der Waals surface area contributed by atoms with Crippen LogP contribution in [0.15, 0.2) is 54.6 Å². The molecule has 9 heteroatoms. The molecule has 0 bridgehead atoms. The third-order valence-electron chi connectivity index (χ3n) is 5.13. The van der Waals surface area contributed by atoms with Crippen LogP contribution >= 0.6 is 11.3 Å². The van der Waals surface area contributed by atoms with Gasteiger partial charge in [0, 0.05) is 36.3 Å². The van der Waals surface area contributed by atoms with Gasteiger partial charge in [0.2, 0.25) is 16.9 Å². The van der Waals surface area contributed by atoms with E-state index in [0.29, 0.717) is 22.9 Å². The van der Waals surface area contributed by atoms with Gasteiger partial charge in [-0.05, 0) is 42.8 Å². The van der Waals surface area contributed by atoms with Crippen LogP contribution in [0, 0.1) is 5.92 Å². The van der Waals surface area contributed by atoms with Crippen molar-refractivity contribution in [2.24, 2.45) is 5.92 Å². The van der Waals surface area contributed by atoms with E-state index in [1.54, 1.807) is 29.2 Å². The molecule has 164 valence electrons. The number of para-hydroxylation sites is 1. The Bertz CT molecular complexity index is 1110. The van der Waals surface area contributed by atoms with Crippen LogP contribution in [0.1, 0.15) is 35.1 Å². The van der Waals surface area contributed by atoms with Gasteiger partial charge in [-0.2, -0.15) is 0 Å². The van der Waals surface area contributed by atoms with Gasteiger partial charge in [0.05, 0.1) is 5.92 Å². The van der Waals surface area contributed by atoms with Crippen LogP contribution in [0.25, 0.3) is 0 Å². The second-order valence-corrected chi connectivity index (χ2v) is 8.57. The van der Waals surface area contributed by atoms with Gasteiger partial charge >= 0.3 is 0 Å². The molecule has 2 heterocycles. The fraction of sp³-hybridized carbons (Fsp3) is 0.261. The predicted molar refractivity (Wildman–Crippen MR) is 124 cm³/mol. The number of hydrogen-bond acceptors (Lipinski definition) is 6. The molecule has 3 amide bonds. The summed E-state index contributed by atoms with van der Waals surface area (Å²) in [7, 11) is 0. The zero-order valence-corrected chi connectivity index (χ0v) is 18.4. The maximum Gasteiger partial charge on any atom is 0.257 e. The van der Waals surface area contributed by atoms with Crippen LogP contribution in [-0.4, -0.2) is 34.5 Å². The fourth-order valence-corrected chi connectivity index (χ4v) is 4.31. The zero-order chi connectivity index (χ0) is 22.5. The summed E-state index contributed by atoms with van der Waals surface area (Å²) in [5, 5.41) is 15.0. The molecule has 1 saturated heterocycles. The number of aryl methyl sites for hydroxylation is 1. The summed E-state index contributed by atoms with van der Waals surface area (Å²) in [6.07, 6.45) is 1.97. The van der Waals surface area contributed by atoms with Crippen LogP contribution in [0.4, 0.5) is 16.5 Å². The number of anilines is 3. The van der Waals surface area contributed by atoms with Crippen molar-refractivity contribution < 1.29 is 14.4 Å². The molecular formula is C23H23N5O3S. The average Bonchev–Trinajstić information content (AvgIpc) is 3.41. The van der Waals surface area contributed by atoms with Gasteiger partial charge in [-0.25, -0.2) is 0 Å². The first-order valence-corrected chi connectivity index (χ1v) is 11.2. The lowest BCUT2D eigenvalue weighted by Crippen LogP contribution is -2.28. The molecule has 32 heavy (non-hydrogen) atoms. The number of carbonyl (C=O) groups is 3. The SMILES string of the molecule is CCCc1nnc(NC(=O)c2ccc(NC(=O)C3CC(=O)N(c4ccccc4)C3)cc2)s1. The highest BCUT2D eigenvalue weighted by Gasteiger charge is 2.35. The smallest absolute Gasteiger partial charge is 0.257 e. The minimum atomic E-state index is -0.430. The van der Waals surface area contributed by atoms with Crippen molar-refractivity contribution in [1.29, 1.82) is 0 Å². The van der Waals surface area contributed by atoms with Crippen molar-refractivity contribution in [3.63, 3.8) is 0 Å². The normalized spacial score (nSPS) is 15.6. The Hall–Kier alpha value is -3.59. The summed E-state index contributed by atoms with van der Waals surface area (Å²) in [5.41, 5.74) is 1.81. The maximum atomic E-state index is 12.7. The average molecular weight is 450 g/mol. The Labute approximate surface area is 189 Å². The molecule has 2 aromatic carbocycles. The molecule has 1 aliphatic rings. The van der Waals surface area contributed by atoms with Crippen molar-refractivity contribution in [2.75, 3.05) is 22.1 Å². The Morgan fingerprint density at radius 3 is 2.53 bits per heavy atom. The molecule has 1 aromatic heterocycles. The van der Waals surface area contributed by atoms with E-state index in [0.717, 1.165) is 23.5 Å². The largest absolute Gasteiger partial charge is 0.326 e. The van der Waals surface area contributed by atoms with Gasteiger partial charge in [0.25, 0.3) is 5.91 Å². The highest BCUT2D eigenvalue weighted by atomic mass is 32.1. The Morgan fingerprint density at radius 2 is 1.81 bits per heavy atom. The molecule has 1 fully saturated rings. The van der Waals surface area contributed by atoms with Crippen LogP contribution in [0.5, 0.6) is 0 Å². The highest BCUT2D eigenvalue weighted by molar-refractivity contribution is 7.15. The third kappa shape index (κ3) is 5.00. The lowest BCUT2D eigenvalue weighted by Gasteiger charge is -2.16. The van der Waals surface area contributed by atoms with Crippen molar-refractivity contribution in [3.8, 4) is 0 Å². The molecule has 0 aliphatic carbocycles. The molecule has 3 aromatic rings. The zero-order valence-electron chi connectivity index (χ0n) is 17.6. The number of carbonyl (C=O) groups excluding carboxylic acids is 3. The monoisotopic (exact) mass is 449 g/mol. The van der Waals surface area contributed by atoms with Gasteiger partial charge < -0.3 is 10.2 Å². The third-order valence-corrected chi connectivity index (χ3v) is 6.03. The van der Waals surface area contributed by atoms with Crippen molar-refractivity contribution in [2.45, 2.75) is 26.2 Å². The van der Waals surface area contributed by atoms with Gasteiger partial charge in [-0.15, -0.1) is 10.2 Å². The van der Waals surface area contributed by atoms with Crippen LogP contribution in [0.3, 0.4) is 0 Å². The number of nitrogens with zero attached hydrogens (tertiary/aromatic N) is 3. The first kappa shape index (κ1) is 21.6. The number of nitrogens with one attached hydrogen (secondary N) is 2. The van der Waals surface area contributed by atoms with Crippen LogP contribution < -0.4 is 15.5 Å². The quantitative estimate of drug-likeness (QED) is 0.572. The lowest BCUT2D eigenvalue weighted by atomic mass is 10.1. The molecule has 0 saturated carbocycles. The van der Waals surface area contributed by atoms with E-state index >= 15 is 0 Å². The van der Waals surface area contributed by atoms with E-state index in [-0.39, 0.29) is 24.1 Å². The second-order valence-electron chi connectivity index (χ2n) is 7.51. The van der Waals surface area contributed by atoms with Crippen molar-refractivity contribution in [1.82, 2.24) is 10.2 Å². The maximum absolute atomic E-state index is 12.7. The number of aromatic nitrogens is 2. The summed E-state index contributed by atoms with van der Waals surface area (Å²) in [6.45, 7) is 2.40. The molecule has 1 unspecified atom stereocenters. The molecule has 0 radical (unpaired) electrons. The number of benzene rings is 2. The highest BCUT2D eigenvalue weighted by Crippen LogP contribution is 2.26. The first-order chi connectivity index (χ1) is 15.5. The van der Waals surface area contributed by atoms with E-state index in [9.17, 15) is 14.4 Å². The lowest BCUT2D eigenvalue weighted by molar-refractivity contribution is -0.122. The van der Waals surface area contributed by atoms with E-state index in [1.807, 2.05) is 30.3 Å². The molecule has 0 spiro atoms. The van der Waals surface area contributed by atoms with E-state index in [2.05, 4.69) is 27.8 Å². The summed E-state index contributed by atoms with van der Waals surface area (Å²) >= 11 is 1.36. The Balaban J connectivity index is 1.33. The molecule has 1 atom stereocenters. The summed E-state index contributed by atoms with van der Waals surface area (Å²) in [4.78, 5) is 39.1. The molecule has 4 rings (SSSR count). The standard InChI is InChI=1S/C23H23N5O3S/c1-2-6-19-26-27-23(32-19)25-21(30)15-9-11-17(12-10-15)24-22(31)16-13-20(29)28(14-16)18-7-4-3-5-8-18/h3-5,7-12,16H,2,6,13-14H2,1H3,(H,24,31)(H,25,27,30). The van der Waals surface area contributed by atoms with Gasteiger partial charge in [0.15, 0.2) is 0 Å². The summed E-state index contributed by atoms with van der Waals surface area (Å²) < 4.78 is 0. The second kappa shape index (κ2) is 9.69. The molecule has 8 nitrogen and oxygen atoms in total. The van der Waals surface area contributed by atoms with Crippen LogP contribution in [-0.2, 0) is 16.0 Å². The van der Waals surface area contributed by atoms with Gasteiger partial charge in [0.1, 0.15) is 5.01 Å². The van der Waals surface area contributed by atoms with Crippen molar-refractivity contribution >= 4 is 45.6 Å². The minimum absolute atomic E-state index is 0.0675.